The van der Waals surface area contributed by atoms with Crippen LogP contribution in [0.1, 0.15) is 5.56 Å². The maximum Gasteiger partial charge on any atom is 0.427 e. The molecule has 22 heavy (non-hydrogen) atoms. The highest BCUT2D eigenvalue weighted by Gasteiger charge is 2.49. The molecule has 0 amide bonds. The van der Waals surface area contributed by atoms with Crippen molar-refractivity contribution in [1.82, 2.24) is 5.32 Å². The SMILES string of the molecule is COC1=CNC(C(F)(F)F)N1c1cccc(C(F)(F)F)c1F. The van der Waals surface area contributed by atoms with Crippen molar-refractivity contribution in [3.63, 3.8) is 0 Å². The monoisotopic (exact) mass is 330 g/mol. The number of methoxy groups -OCH3 is 1. The zero-order chi connectivity index (χ0) is 16.7. The molecular weight excluding hydrogens is 321 g/mol. The highest BCUT2D eigenvalue weighted by Crippen LogP contribution is 2.39. The number of nitrogens with one attached hydrogen (secondary N) is 1. The van der Waals surface area contributed by atoms with E-state index in [1.54, 1.807) is 0 Å². The van der Waals surface area contributed by atoms with Gasteiger partial charge in [-0.15, -0.1) is 0 Å². The van der Waals surface area contributed by atoms with Gasteiger partial charge >= 0.3 is 12.4 Å². The van der Waals surface area contributed by atoms with Crippen molar-refractivity contribution in [1.29, 1.82) is 0 Å². The normalized spacial score (nSPS) is 19.0. The first-order chi connectivity index (χ1) is 10.1. The average molecular weight is 330 g/mol. The maximum absolute atomic E-state index is 14.1. The van der Waals surface area contributed by atoms with Gasteiger partial charge < -0.3 is 10.1 Å². The summed E-state index contributed by atoms with van der Waals surface area (Å²) in [7, 11) is 1.02. The molecule has 0 aromatic heterocycles. The van der Waals surface area contributed by atoms with Crippen molar-refractivity contribution in [3.05, 3.63) is 41.7 Å². The third-order valence-corrected chi connectivity index (χ3v) is 2.92. The first-order valence-corrected chi connectivity index (χ1v) is 5.79. The van der Waals surface area contributed by atoms with Crippen molar-refractivity contribution in [2.24, 2.45) is 0 Å². The molecule has 1 aliphatic rings. The number of anilines is 1. The van der Waals surface area contributed by atoms with Crippen LogP contribution in [0.25, 0.3) is 0 Å². The number of alkyl halides is 6. The number of ether oxygens (including phenoxy) is 1. The molecule has 2 rings (SSSR count). The summed E-state index contributed by atoms with van der Waals surface area (Å²) in [6.45, 7) is 0. The third kappa shape index (κ3) is 2.77. The van der Waals surface area contributed by atoms with Crippen LogP contribution in [-0.2, 0) is 10.9 Å². The first kappa shape index (κ1) is 16.2. The lowest BCUT2D eigenvalue weighted by molar-refractivity contribution is -0.151. The molecule has 10 heteroatoms. The number of halogens is 7. The predicted molar refractivity (Wildman–Crippen MR) is 62.0 cm³/mol. The van der Waals surface area contributed by atoms with Gasteiger partial charge in [0.2, 0.25) is 12.0 Å². The molecule has 0 aliphatic carbocycles. The summed E-state index contributed by atoms with van der Waals surface area (Å²) in [6, 6.07) is 2.07. The molecule has 1 N–H and O–H groups in total. The number of hydrogen-bond acceptors (Lipinski definition) is 3. The summed E-state index contributed by atoms with van der Waals surface area (Å²) in [4.78, 5) is 0.282. The Balaban J connectivity index is 2.55. The summed E-state index contributed by atoms with van der Waals surface area (Å²) in [6.07, 6.45) is -11.5. The summed E-state index contributed by atoms with van der Waals surface area (Å²) < 4.78 is 95.6. The van der Waals surface area contributed by atoms with Crippen LogP contribution >= 0.6 is 0 Å². The lowest BCUT2D eigenvalue weighted by Gasteiger charge is -2.30. The van der Waals surface area contributed by atoms with Gasteiger partial charge in [-0.2, -0.15) is 26.3 Å². The van der Waals surface area contributed by atoms with Crippen molar-refractivity contribution in [3.8, 4) is 0 Å². The van der Waals surface area contributed by atoms with E-state index in [1.165, 1.54) is 0 Å². The van der Waals surface area contributed by atoms with E-state index in [-0.39, 0.29) is 4.90 Å². The molecule has 0 saturated heterocycles. The molecule has 3 nitrogen and oxygen atoms in total. The second kappa shape index (κ2) is 5.25. The van der Waals surface area contributed by atoms with Crippen LogP contribution in [0, 0.1) is 5.82 Å². The minimum atomic E-state index is -5.03. The van der Waals surface area contributed by atoms with Crippen molar-refractivity contribution >= 4 is 5.69 Å². The van der Waals surface area contributed by atoms with Crippen LogP contribution in [0.2, 0.25) is 0 Å². The van der Waals surface area contributed by atoms with Gasteiger partial charge in [0, 0.05) is 0 Å². The Morgan fingerprint density at radius 2 is 1.77 bits per heavy atom. The fraction of sp³-hybridized carbons (Fsp3) is 0.333. The van der Waals surface area contributed by atoms with Gasteiger partial charge in [0.1, 0.15) is 0 Å². The van der Waals surface area contributed by atoms with E-state index < -0.39 is 41.5 Å². The molecule has 0 radical (unpaired) electrons. The summed E-state index contributed by atoms with van der Waals surface area (Å²) in [5, 5.41) is 1.90. The fourth-order valence-corrected chi connectivity index (χ4v) is 2.00. The zero-order valence-electron chi connectivity index (χ0n) is 10.9. The Kier molecular flexibility index (Phi) is 3.88. The number of hydrogen-bond donors (Lipinski definition) is 1. The van der Waals surface area contributed by atoms with Crippen LogP contribution in [0.5, 0.6) is 0 Å². The summed E-state index contributed by atoms with van der Waals surface area (Å²) >= 11 is 0. The largest absolute Gasteiger partial charge is 0.481 e. The standard InChI is InChI=1S/C12H9F7N2O/c1-22-8-5-20-10(12(17,18)19)21(8)7-4-2-3-6(9(7)13)11(14,15)16/h2-5,10,20H,1H3. The van der Waals surface area contributed by atoms with Crippen molar-refractivity contribution in [2.45, 2.75) is 18.5 Å². The van der Waals surface area contributed by atoms with Crippen LogP contribution in [-0.4, -0.2) is 19.5 Å². The van der Waals surface area contributed by atoms with E-state index in [0.29, 0.717) is 6.07 Å². The molecule has 1 aromatic carbocycles. The summed E-state index contributed by atoms with van der Waals surface area (Å²) in [5.74, 6) is -2.27. The Labute approximate surface area is 120 Å². The second-order valence-corrected chi connectivity index (χ2v) is 4.30. The van der Waals surface area contributed by atoms with Gasteiger partial charge in [-0.1, -0.05) is 6.07 Å². The molecule has 1 aromatic rings. The van der Waals surface area contributed by atoms with Gasteiger partial charge in [0.05, 0.1) is 24.6 Å². The lowest BCUT2D eigenvalue weighted by atomic mass is 10.1. The van der Waals surface area contributed by atoms with E-state index in [4.69, 9.17) is 0 Å². The Bertz CT molecular complexity index is 594. The van der Waals surface area contributed by atoms with Crippen LogP contribution < -0.4 is 10.2 Å². The second-order valence-electron chi connectivity index (χ2n) is 4.30. The molecule has 1 atom stereocenters. The average Bonchev–Trinajstić information content (AvgIpc) is 2.81. The Morgan fingerprint density at radius 1 is 1.14 bits per heavy atom. The topological polar surface area (TPSA) is 24.5 Å². The molecule has 122 valence electrons. The molecule has 1 heterocycles. The highest BCUT2D eigenvalue weighted by atomic mass is 19.4. The number of nitrogens with zero attached hydrogens (tertiary/aromatic N) is 1. The molecule has 0 saturated carbocycles. The molecule has 0 fully saturated rings. The molecule has 0 bridgehead atoms. The van der Waals surface area contributed by atoms with Gasteiger partial charge in [-0.25, -0.2) is 4.39 Å². The van der Waals surface area contributed by atoms with Gasteiger partial charge in [0.25, 0.3) is 0 Å². The number of rotatable bonds is 2. The van der Waals surface area contributed by atoms with E-state index in [1.807, 2.05) is 5.32 Å². The smallest absolute Gasteiger partial charge is 0.427 e. The van der Waals surface area contributed by atoms with E-state index >= 15 is 0 Å². The Hall–Kier alpha value is -2.13. The molecule has 1 aliphatic heterocycles. The van der Waals surface area contributed by atoms with Crippen molar-refractivity contribution in [2.75, 3.05) is 12.0 Å². The van der Waals surface area contributed by atoms with Crippen LogP contribution in [0.4, 0.5) is 36.4 Å². The minimum Gasteiger partial charge on any atom is -0.481 e. The fourth-order valence-electron chi connectivity index (χ4n) is 2.00. The Morgan fingerprint density at radius 3 is 2.27 bits per heavy atom. The molecule has 1 unspecified atom stereocenters. The lowest BCUT2D eigenvalue weighted by Crippen LogP contribution is -2.49. The number of benzene rings is 1. The van der Waals surface area contributed by atoms with E-state index in [0.717, 1.165) is 25.4 Å². The first-order valence-electron chi connectivity index (χ1n) is 5.79. The van der Waals surface area contributed by atoms with Gasteiger partial charge in [0.15, 0.2) is 5.82 Å². The van der Waals surface area contributed by atoms with Crippen molar-refractivity contribution < 1.29 is 35.5 Å². The maximum atomic E-state index is 14.1. The molecular formula is C12H9F7N2O. The van der Waals surface area contributed by atoms with E-state index in [2.05, 4.69) is 4.74 Å². The highest BCUT2D eigenvalue weighted by molar-refractivity contribution is 5.57. The van der Waals surface area contributed by atoms with E-state index in [9.17, 15) is 30.7 Å². The van der Waals surface area contributed by atoms with Gasteiger partial charge in [-0.05, 0) is 12.1 Å². The zero-order valence-corrected chi connectivity index (χ0v) is 10.9. The quantitative estimate of drug-likeness (QED) is 0.839. The third-order valence-electron chi connectivity index (χ3n) is 2.92. The van der Waals surface area contributed by atoms with Gasteiger partial charge in [-0.3, -0.25) is 4.90 Å². The predicted octanol–water partition coefficient (Wildman–Crippen LogP) is 3.59. The van der Waals surface area contributed by atoms with Crippen LogP contribution in [0.3, 0.4) is 0 Å². The van der Waals surface area contributed by atoms with Crippen LogP contribution in [0.15, 0.2) is 30.3 Å². The minimum absolute atomic E-state index is 0.282. The summed E-state index contributed by atoms with van der Waals surface area (Å²) in [5.41, 5.74) is -2.55. The molecule has 0 spiro atoms.